The van der Waals surface area contributed by atoms with Crippen LogP contribution in [0.25, 0.3) is 10.1 Å². The number of fused-ring (bicyclic) bond motifs is 1. The van der Waals surface area contributed by atoms with Crippen molar-refractivity contribution >= 4 is 33.0 Å². The van der Waals surface area contributed by atoms with Crippen LogP contribution in [0.2, 0.25) is 0 Å². The molecule has 0 aliphatic rings. The molecule has 0 aliphatic heterocycles. The minimum atomic E-state index is -0.0551. The molecule has 0 saturated heterocycles. The van der Waals surface area contributed by atoms with E-state index in [-0.39, 0.29) is 11.9 Å². The highest BCUT2D eigenvalue weighted by atomic mass is 32.1. The lowest BCUT2D eigenvalue weighted by Gasteiger charge is -2.21. The van der Waals surface area contributed by atoms with Gasteiger partial charge in [-0.15, -0.1) is 11.3 Å². The third kappa shape index (κ3) is 3.29. The lowest BCUT2D eigenvalue weighted by atomic mass is 10.1. The molecular formula is C15H20N2O2S. The van der Waals surface area contributed by atoms with E-state index in [1.165, 1.54) is 11.3 Å². The molecule has 1 atom stereocenters. The van der Waals surface area contributed by atoms with Gasteiger partial charge in [-0.3, -0.25) is 4.79 Å². The van der Waals surface area contributed by atoms with Crippen molar-refractivity contribution in [2.24, 2.45) is 5.92 Å². The monoisotopic (exact) mass is 292 g/mol. The number of anilines is 1. The molecule has 2 aromatic rings. The summed E-state index contributed by atoms with van der Waals surface area (Å²) in [5, 5.41) is 4.03. The highest BCUT2D eigenvalue weighted by Crippen LogP contribution is 2.27. The van der Waals surface area contributed by atoms with E-state index in [2.05, 4.69) is 19.2 Å². The number of carbonyl (C=O) groups excluding carboxylic acids is 1. The summed E-state index contributed by atoms with van der Waals surface area (Å²) in [7, 11) is 1.64. The van der Waals surface area contributed by atoms with Crippen molar-refractivity contribution in [1.82, 2.24) is 5.32 Å². The summed E-state index contributed by atoms with van der Waals surface area (Å²) in [6.45, 7) is 4.65. The zero-order valence-electron chi connectivity index (χ0n) is 12.0. The average molecular weight is 292 g/mol. The largest absolute Gasteiger partial charge is 0.399 e. The van der Waals surface area contributed by atoms with E-state index in [0.29, 0.717) is 23.1 Å². The van der Waals surface area contributed by atoms with E-state index in [0.717, 1.165) is 10.1 Å². The van der Waals surface area contributed by atoms with Gasteiger partial charge in [0.1, 0.15) is 0 Å². The molecule has 0 radical (unpaired) electrons. The van der Waals surface area contributed by atoms with Gasteiger partial charge in [-0.05, 0) is 35.6 Å². The Morgan fingerprint density at radius 2 is 2.15 bits per heavy atom. The van der Waals surface area contributed by atoms with E-state index >= 15 is 0 Å². The van der Waals surface area contributed by atoms with Gasteiger partial charge in [0.25, 0.3) is 5.91 Å². The first-order chi connectivity index (χ1) is 9.51. The van der Waals surface area contributed by atoms with Gasteiger partial charge in [-0.25, -0.2) is 0 Å². The van der Waals surface area contributed by atoms with E-state index in [1.54, 1.807) is 7.11 Å². The molecule has 0 saturated carbocycles. The van der Waals surface area contributed by atoms with Gasteiger partial charge >= 0.3 is 0 Å². The number of carbonyl (C=O) groups is 1. The second-order valence-electron chi connectivity index (χ2n) is 5.19. The smallest absolute Gasteiger partial charge is 0.261 e. The van der Waals surface area contributed by atoms with Gasteiger partial charge in [-0.2, -0.15) is 0 Å². The Balaban J connectivity index is 2.18. The van der Waals surface area contributed by atoms with Gasteiger partial charge in [0.2, 0.25) is 0 Å². The first-order valence-electron chi connectivity index (χ1n) is 6.60. The number of nitrogens with one attached hydrogen (secondary N) is 1. The Hall–Kier alpha value is -1.59. The fourth-order valence-electron chi connectivity index (χ4n) is 1.99. The molecule has 108 valence electrons. The number of benzene rings is 1. The lowest BCUT2D eigenvalue weighted by Crippen LogP contribution is -2.41. The molecule has 20 heavy (non-hydrogen) atoms. The van der Waals surface area contributed by atoms with Crippen molar-refractivity contribution in [3.05, 3.63) is 29.1 Å². The number of hydrogen-bond donors (Lipinski definition) is 2. The number of nitrogen functional groups attached to an aromatic ring is 1. The summed E-state index contributed by atoms with van der Waals surface area (Å²) >= 11 is 1.48. The maximum atomic E-state index is 12.3. The third-order valence-electron chi connectivity index (χ3n) is 3.23. The van der Waals surface area contributed by atoms with E-state index in [9.17, 15) is 4.79 Å². The Morgan fingerprint density at radius 1 is 1.40 bits per heavy atom. The Morgan fingerprint density at radius 3 is 2.80 bits per heavy atom. The first-order valence-corrected chi connectivity index (χ1v) is 7.41. The van der Waals surface area contributed by atoms with Crippen LogP contribution in [-0.4, -0.2) is 25.7 Å². The maximum absolute atomic E-state index is 12.3. The first kappa shape index (κ1) is 14.8. The van der Waals surface area contributed by atoms with Crippen LogP contribution in [0.3, 0.4) is 0 Å². The number of nitrogens with two attached hydrogens (primary N) is 1. The molecule has 0 fully saturated rings. The normalized spacial score (nSPS) is 12.8. The predicted octanol–water partition coefficient (Wildman–Crippen LogP) is 2.88. The van der Waals surface area contributed by atoms with Crippen molar-refractivity contribution in [2.75, 3.05) is 19.5 Å². The van der Waals surface area contributed by atoms with Crippen molar-refractivity contribution < 1.29 is 9.53 Å². The van der Waals surface area contributed by atoms with Crippen LogP contribution in [0.15, 0.2) is 24.3 Å². The zero-order valence-corrected chi connectivity index (χ0v) is 12.8. The third-order valence-corrected chi connectivity index (χ3v) is 4.35. The van der Waals surface area contributed by atoms with Gasteiger partial charge in [-0.1, -0.05) is 13.8 Å². The van der Waals surface area contributed by atoms with Crippen LogP contribution in [0, 0.1) is 5.92 Å². The summed E-state index contributed by atoms with van der Waals surface area (Å²) in [6.07, 6.45) is 0. The van der Waals surface area contributed by atoms with Gasteiger partial charge in [0.15, 0.2) is 0 Å². The van der Waals surface area contributed by atoms with Crippen LogP contribution >= 0.6 is 11.3 Å². The van der Waals surface area contributed by atoms with Crippen LogP contribution < -0.4 is 11.1 Å². The predicted molar refractivity (Wildman–Crippen MR) is 84.2 cm³/mol. The Kier molecular flexibility index (Phi) is 4.62. The fraction of sp³-hybridized carbons (Fsp3) is 0.400. The van der Waals surface area contributed by atoms with Crippen LogP contribution in [0.1, 0.15) is 23.5 Å². The second-order valence-corrected chi connectivity index (χ2v) is 6.27. The van der Waals surface area contributed by atoms with Crippen LogP contribution in [0.4, 0.5) is 5.69 Å². The molecule has 4 nitrogen and oxygen atoms in total. The summed E-state index contributed by atoms with van der Waals surface area (Å²) in [6, 6.07) is 7.58. The molecule has 5 heteroatoms. The summed E-state index contributed by atoms with van der Waals surface area (Å²) in [4.78, 5) is 13.0. The average Bonchev–Trinajstić information content (AvgIpc) is 2.80. The molecule has 0 aliphatic carbocycles. The molecule has 3 N–H and O–H groups in total. The van der Waals surface area contributed by atoms with Crippen molar-refractivity contribution in [2.45, 2.75) is 19.9 Å². The number of ether oxygens (including phenoxy) is 1. The Labute approximate surface area is 122 Å². The summed E-state index contributed by atoms with van der Waals surface area (Å²) in [5.74, 6) is 0.268. The second kappa shape index (κ2) is 6.24. The molecule has 0 bridgehead atoms. The molecule has 1 aromatic carbocycles. The SMILES string of the molecule is COCC(NC(=O)c1cc2cc(N)ccc2s1)C(C)C. The molecule has 0 spiro atoms. The quantitative estimate of drug-likeness (QED) is 0.833. The van der Waals surface area contributed by atoms with Gasteiger partial charge < -0.3 is 15.8 Å². The van der Waals surface area contributed by atoms with Crippen molar-refractivity contribution in [1.29, 1.82) is 0 Å². The zero-order chi connectivity index (χ0) is 14.7. The summed E-state index contributed by atoms with van der Waals surface area (Å²) < 4.78 is 6.22. The number of thiophene rings is 1. The topological polar surface area (TPSA) is 64.3 Å². The molecule has 1 aromatic heterocycles. The summed E-state index contributed by atoms with van der Waals surface area (Å²) in [5.41, 5.74) is 6.47. The minimum absolute atomic E-state index is 0.0165. The molecule has 2 rings (SSSR count). The number of hydrogen-bond acceptors (Lipinski definition) is 4. The van der Waals surface area contributed by atoms with E-state index in [1.807, 2.05) is 24.3 Å². The number of methoxy groups -OCH3 is 1. The maximum Gasteiger partial charge on any atom is 0.261 e. The Bertz CT molecular complexity index is 607. The fourth-order valence-corrected chi connectivity index (χ4v) is 2.94. The van der Waals surface area contributed by atoms with E-state index in [4.69, 9.17) is 10.5 Å². The molecular weight excluding hydrogens is 272 g/mol. The lowest BCUT2D eigenvalue weighted by molar-refractivity contribution is 0.0870. The molecule has 1 heterocycles. The van der Waals surface area contributed by atoms with Crippen molar-refractivity contribution in [3.8, 4) is 0 Å². The standard InChI is InChI=1S/C15H20N2O2S/c1-9(2)12(8-19-3)17-15(18)14-7-10-6-11(16)4-5-13(10)20-14/h4-7,9,12H,8,16H2,1-3H3,(H,17,18). The van der Waals surface area contributed by atoms with Crippen LogP contribution in [-0.2, 0) is 4.74 Å². The van der Waals surface area contributed by atoms with Crippen LogP contribution in [0.5, 0.6) is 0 Å². The van der Waals surface area contributed by atoms with E-state index < -0.39 is 0 Å². The number of rotatable bonds is 5. The van der Waals surface area contributed by atoms with Gasteiger partial charge in [0, 0.05) is 17.5 Å². The highest BCUT2D eigenvalue weighted by Gasteiger charge is 2.18. The molecule has 1 unspecified atom stereocenters. The molecule has 1 amide bonds. The number of amides is 1. The minimum Gasteiger partial charge on any atom is -0.399 e. The highest BCUT2D eigenvalue weighted by molar-refractivity contribution is 7.20. The van der Waals surface area contributed by atoms with Gasteiger partial charge in [0.05, 0.1) is 17.5 Å². The van der Waals surface area contributed by atoms with Crippen molar-refractivity contribution in [3.63, 3.8) is 0 Å².